The second kappa shape index (κ2) is 9.88. The molecule has 1 aliphatic heterocycles. The molecule has 4 rings (SSSR count). The Bertz CT molecular complexity index is 1390. The second-order valence-corrected chi connectivity index (χ2v) is 10.5. The molecule has 1 heterocycles. The molecule has 7 heteroatoms. The summed E-state index contributed by atoms with van der Waals surface area (Å²) in [5.74, 6) is -0.753. The lowest BCUT2D eigenvalue weighted by atomic mass is 10.1. The first kappa shape index (κ1) is 24.4. The van der Waals surface area contributed by atoms with Crippen molar-refractivity contribution in [3.63, 3.8) is 0 Å². The molecule has 3 aromatic carbocycles. The van der Waals surface area contributed by atoms with E-state index in [2.05, 4.69) is 12.2 Å². The molecule has 35 heavy (non-hydrogen) atoms. The van der Waals surface area contributed by atoms with E-state index in [0.717, 1.165) is 21.9 Å². The third-order valence-corrected chi connectivity index (χ3v) is 8.11. The van der Waals surface area contributed by atoms with Gasteiger partial charge in [-0.25, -0.2) is 12.7 Å². The highest BCUT2D eigenvalue weighted by atomic mass is 32.2. The minimum Gasteiger partial charge on any atom is -0.348 e. The zero-order valence-corrected chi connectivity index (χ0v) is 20.9. The maximum atomic E-state index is 13.2. The molecule has 0 radical (unpaired) electrons. The average molecular weight is 489 g/mol. The van der Waals surface area contributed by atoms with Crippen molar-refractivity contribution >= 4 is 26.7 Å². The molecule has 3 aromatic rings. The van der Waals surface area contributed by atoms with E-state index < -0.39 is 15.9 Å². The summed E-state index contributed by atoms with van der Waals surface area (Å²) in [6.07, 6.45) is 0.964. The largest absolute Gasteiger partial charge is 0.348 e. The Balaban J connectivity index is 1.44. The van der Waals surface area contributed by atoms with Crippen LogP contribution in [0.5, 0.6) is 0 Å². The van der Waals surface area contributed by atoms with Crippen LogP contribution in [0.3, 0.4) is 0 Å². The van der Waals surface area contributed by atoms with E-state index in [4.69, 9.17) is 0 Å². The number of carbonyl (C=O) groups excluding carboxylic acids is 2. The number of aryl methyl sites for hydroxylation is 2. The summed E-state index contributed by atoms with van der Waals surface area (Å²) >= 11 is 0. The number of hydrogen-bond donors (Lipinski definition) is 1. The highest BCUT2D eigenvalue weighted by Gasteiger charge is 2.42. The van der Waals surface area contributed by atoms with Gasteiger partial charge in [0.1, 0.15) is 4.91 Å². The number of nitrogens with one attached hydrogen (secondary N) is 1. The summed E-state index contributed by atoms with van der Waals surface area (Å²) in [5.41, 5.74) is 5.04. The fourth-order valence-electron chi connectivity index (χ4n) is 4.03. The Hall–Kier alpha value is -3.71. The number of hydrogen-bond acceptors (Lipinski definition) is 4. The molecule has 0 fully saturated rings. The molecule has 0 bridgehead atoms. The van der Waals surface area contributed by atoms with Crippen molar-refractivity contribution in [2.45, 2.75) is 40.3 Å². The van der Waals surface area contributed by atoms with Crippen LogP contribution >= 0.6 is 0 Å². The first-order valence-corrected chi connectivity index (χ1v) is 12.9. The highest BCUT2D eigenvalue weighted by Crippen LogP contribution is 2.36. The number of sulfonamides is 1. The van der Waals surface area contributed by atoms with Gasteiger partial charge in [-0.05, 0) is 54.7 Å². The molecular weight excluding hydrogens is 460 g/mol. The van der Waals surface area contributed by atoms with Crippen LogP contribution in [0, 0.1) is 6.92 Å². The van der Waals surface area contributed by atoms with Gasteiger partial charge >= 0.3 is 0 Å². The van der Waals surface area contributed by atoms with Crippen LogP contribution in [0.25, 0.3) is 4.91 Å². The van der Waals surface area contributed by atoms with Gasteiger partial charge in [-0.15, -0.1) is 0 Å². The van der Waals surface area contributed by atoms with Crippen molar-refractivity contribution in [1.29, 1.82) is 0 Å². The monoisotopic (exact) mass is 488 g/mol. The number of benzene rings is 3. The van der Waals surface area contributed by atoms with Crippen LogP contribution in [0.4, 0.5) is 0 Å². The van der Waals surface area contributed by atoms with Gasteiger partial charge in [0.25, 0.3) is 21.8 Å². The summed E-state index contributed by atoms with van der Waals surface area (Å²) in [4.78, 5) is 25.4. The standard InChI is InChI=1S/C28H28N2O4S/c1-4-21-7-9-22(10-8-21)17-29-27(31)25-15-11-23(12-16-25)18-30-28(32)20(3)26(35(30,33)34)24-13-5-19(2)6-14-24/h5-16H,4,17-18H2,1-3H3,(H,29,31). The van der Waals surface area contributed by atoms with E-state index >= 15 is 0 Å². The van der Waals surface area contributed by atoms with Gasteiger partial charge in [-0.1, -0.05) is 73.2 Å². The first-order chi connectivity index (χ1) is 16.7. The second-order valence-electron chi connectivity index (χ2n) is 8.69. The smallest absolute Gasteiger partial charge is 0.268 e. The molecule has 1 N–H and O–H groups in total. The number of rotatable bonds is 7. The predicted molar refractivity (Wildman–Crippen MR) is 137 cm³/mol. The fourth-order valence-corrected chi connectivity index (χ4v) is 5.83. The Kier molecular flexibility index (Phi) is 6.89. The average Bonchev–Trinajstić information content (AvgIpc) is 3.03. The molecule has 0 spiro atoms. The predicted octanol–water partition coefficient (Wildman–Crippen LogP) is 4.59. The molecule has 0 unspecified atom stereocenters. The lowest BCUT2D eigenvalue weighted by Gasteiger charge is -2.17. The summed E-state index contributed by atoms with van der Waals surface area (Å²) in [6.45, 7) is 5.87. The Labute approximate surface area is 206 Å². The summed E-state index contributed by atoms with van der Waals surface area (Å²) in [7, 11) is -3.98. The van der Waals surface area contributed by atoms with Crippen molar-refractivity contribution in [3.8, 4) is 0 Å². The van der Waals surface area contributed by atoms with E-state index in [9.17, 15) is 18.0 Å². The van der Waals surface area contributed by atoms with Crippen LogP contribution in [0.1, 0.15) is 52.0 Å². The third-order valence-electron chi connectivity index (χ3n) is 6.18. The van der Waals surface area contributed by atoms with Crippen LogP contribution in [0.15, 0.2) is 78.4 Å². The molecule has 180 valence electrons. The van der Waals surface area contributed by atoms with Crippen molar-refractivity contribution in [2.24, 2.45) is 0 Å². The molecular formula is C28H28N2O4S. The van der Waals surface area contributed by atoms with Gasteiger partial charge in [0, 0.05) is 17.7 Å². The van der Waals surface area contributed by atoms with Gasteiger partial charge in [-0.2, -0.15) is 0 Å². The Morgan fingerprint density at radius 2 is 1.40 bits per heavy atom. The minimum absolute atomic E-state index is 0.0467. The molecule has 1 aliphatic rings. The minimum atomic E-state index is -3.98. The molecule has 2 amide bonds. The van der Waals surface area contributed by atoms with E-state index in [1.54, 1.807) is 36.4 Å². The van der Waals surface area contributed by atoms with Crippen LogP contribution in [-0.2, 0) is 34.3 Å². The highest BCUT2D eigenvalue weighted by molar-refractivity contribution is 7.99. The van der Waals surface area contributed by atoms with Crippen molar-refractivity contribution < 1.29 is 18.0 Å². The maximum absolute atomic E-state index is 13.2. The summed E-state index contributed by atoms with van der Waals surface area (Å²) in [6, 6.07) is 21.8. The van der Waals surface area contributed by atoms with E-state index in [-0.39, 0.29) is 22.9 Å². The maximum Gasteiger partial charge on any atom is 0.268 e. The SMILES string of the molecule is CCc1ccc(CNC(=O)c2ccc(CN3C(=O)C(C)=C(c4ccc(C)cc4)S3(=O)=O)cc2)cc1. The number of amides is 2. The van der Waals surface area contributed by atoms with Gasteiger partial charge in [0.15, 0.2) is 0 Å². The summed E-state index contributed by atoms with van der Waals surface area (Å²) < 4.78 is 27.3. The Morgan fingerprint density at radius 1 is 0.829 bits per heavy atom. The van der Waals surface area contributed by atoms with Crippen LogP contribution in [0.2, 0.25) is 0 Å². The third kappa shape index (κ3) is 5.05. The van der Waals surface area contributed by atoms with E-state index in [0.29, 0.717) is 23.2 Å². The number of nitrogens with zero attached hydrogens (tertiary/aromatic N) is 1. The zero-order chi connectivity index (χ0) is 25.2. The molecule has 6 nitrogen and oxygen atoms in total. The van der Waals surface area contributed by atoms with Gasteiger partial charge in [0.2, 0.25) is 0 Å². The molecule has 0 saturated carbocycles. The van der Waals surface area contributed by atoms with E-state index in [1.807, 2.05) is 43.3 Å². The topological polar surface area (TPSA) is 83.6 Å². The van der Waals surface area contributed by atoms with Crippen LogP contribution in [-0.4, -0.2) is 24.5 Å². The Morgan fingerprint density at radius 3 is 2.00 bits per heavy atom. The zero-order valence-electron chi connectivity index (χ0n) is 20.0. The normalized spacial score (nSPS) is 14.9. The van der Waals surface area contributed by atoms with Gasteiger partial charge in [0.05, 0.1) is 6.54 Å². The van der Waals surface area contributed by atoms with Crippen molar-refractivity contribution in [2.75, 3.05) is 0 Å². The molecule has 0 aromatic heterocycles. The molecule has 0 atom stereocenters. The first-order valence-electron chi connectivity index (χ1n) is 11.5. The van der Waals surface area contributed by atoms with Crippen molar-refractivity contribution in [1.82, 2.24) is 9.62 Å². The molecule has 0 aliphatic carbocycles. The van der Waals surface area contributed by atoms with Crippen molar-refractivity contribution in [3.05, 3.63) is 112 Å². The van der Waals surface area contributed by atoms with Gasteiger partial charge < -0.3 is 5.32 Å². The lowest BCUT2D eigenvalue weighted by Crippen LogP contribution is -2.31. The van der Waals surface area contributed by atoms with Crippen LogP contribution < -0.4 is 5.32 Å². The van der Waals surface area contributed by atoms with Gasteiger partial charge in [-0.3, -0.25) is 9.59 Å². The quantitative estimate of drug-likeness (QED) is 0.527. The lowest BCUT2D eigenvalue weighted by molar-refractivity contribution is -0.122. The molecule has 0 saturated heterocycles. The van der Waals surface area contributed by atoms with E-state index in [1.165, 1.54) is 12.5 Å². The fraction of sp³-hybridized carbons (Fsp3) is 0.214. The number of carbonyl (C=O) groups is 2. The summed E-state index contributed by atoms with van der Waals surface area (Å²) in [5, 5.41) is 2.89.